The quantitative estimate of drug-likeness (QED) is 0.663. The van der Waals surface area contributed by atoms with E-state index in [1.165, 1.54) is 5.57 Å². The molecule has 0 aromatic rings. The van der Waals surface area contributed by atoms with Gasteiger partial charge in [0.15, 0.2) is 0 Å². The molecule has 0 spiro atoms. The van der Waals surface area contributed by atoms with E-state index in [1.807, 2.05) is 6.20 Å². The Morgan fingerprint density at radius 3 is 2.33 bits per heavy atom. The maximum atomic E-state index is 3.40. The zero-order chi connectivity index (χ0) is 9.14. The molecule has 68 valence electrons. The third-order valence-corrected chi connectivity index (χ3v) is 2.35. The Bertz CT molecular complexity index is 199. The summed E-state index contributed by atoms with van der Waals surface area (Å²) < 4.78 is 0. The summed E-state index contributed by atoms with van der Waals surface area (Å²) in [6.45, 7) is 9.02. The first kappa shape index (κ1) is 9.37. The highest BCUT2D eigenvalue weighted by molar-refractivity contribution is 5.24. The van der Waals surface area contributed by atoms with E-state index in [0.29, 0.717) is 17.9 Å². The molecule has 1 unspecified atom stereocenters. The fourth-order valence-corrected chi connectivity index (χ4v) is 1.65. The lowest BCUT2D eigenvalue weighted by molar-refractivity contribution is 0.456. The summed E-state index contributed by atoms with van der Waals surface area (Å²) in [5.41, 5.74) is 1.52. The maximum Gasteiger partial charge on any atom is 0.0496 e. The molecule has 12 heavy (non-hydrogen) atoms. The van der Waals surface area contributed by atoms with Crippen LogP contribution in [0, 0.1) is 11.8 Å². The Kier molecular flexibility index (Phi) is 2.96. The van der Waals surface area contributed by atoms with Gasteiger partial charge in [0.2, 0.25) is 0 Å². The Morgan fingerprint density at radius 1 is 1.25 bits per heavy atom. The van der Waals surface area contributed by atoms with Gasteiger partial charge in [-0.2, -0.15) is 0 Å². The van der Waals surface area contributed by atoms with Crippen LogP contribution in [0.5, 0.6) is 0 Å². The summed E-state index contributed by atoms with van der Waals surface area (Å²) >= 11 is 0. The molecule has 0 aromatic carbocycles. The van der Waals surface area contributed by atoms with E-state index in [-0.39, 0.29) is 0 Å². The van der Waals surface area contributed by atoms with E-state index >= 15 is 0 Å². The monoisotopic (exact) mass is 165 g/mol. The minimum absolute atomic E-state index is 0.537. The van der Waals surface area contributed by atoms with Crippen molar-refractivity contribution in [2.75, 3.05) is 0 Å². The van der Waals surface area contributed by atoms with E-state index in [0.717, 1.165) is 0 Å². The number of dihydropyridines is 1. The van der Waals surface area contributed by atoms with Crippen molar-refractivity contribution in [2.45, 2.75) is 33.7 Å². The summed E-state index contributed by atoms with van der Waals surface area (Å²) in [6, 6.07) is 0.537. The van der Waals surface area contributed by atoms with Crippen LogP contribution in [-0.4, -0.2) is 6.04 Å². The van der Waals surface area contributed by atoms with Gasteiger partial charge in [-0.3, -0.25) is 0 Å². The predicted octanol–water partition coefficient (Wildman–Crippen LogP) is 2.71. The highest BCUT2D eigenvalue weighted by Gasteiger charge is 2.20. The fourth-order valence-electron chi connectivity index (χ4n) is 1.65. The van der Waals surface area contributed by atoms with Crippen molar-refractivity contribution in [1.82, 2.24) is 5.32 Å². The minimum atomic E-state index is 0.537. The normalized spacial score (nSPS) is 22.8. The van der Waals surface area contributed by atoms with Crippen LogP contribution in [-0.2, 0) is 0 Å². The molecule has 0 bridgehead atoms. The molecule has 0 radical (unpaired) electrons. The van der Waals surface area contributed by atoms with Gasteiger partial charge in [-0.25, -0.2) is 0 Å². The van der Waals surface area contributed by atoms with Gasteiger partial charge >= 0.3 is 0 Å². The number of hydrogen-bond acceptors (Lipinski definition) is 1. The molecule has 1 atom stereocenters. The van der Waals surface area contributed by atoms with Crippen LogP contribution in [0.2, 0.25) is 0 Å². The van der Waals surface area contributed by atoms with Crippen LogP contribution < -0.4 is 5.32 Å². The highest BCUT2D eigenvalue weighted by Crippen LogP contribution is 2.22. The molecule has 1 N–H and O–H groups in total. The third-order valence-electron chi connectivity index (χ3n) is 2.35. The molecule has 1 aliphatic heterocycles. The second-order valence-corrected chi connectivity index (χ2v) is 4.07. The lowest BCUT2D eigenvalue weighted by Gasteiger charge is -2.29. The second kappa shape index (κ2) is 3.79. The Morgan fingerprint density at radius 2 is 1.92 bits per heavy atom. The van der Waals surface area contributed by atoms with Crippen molar-refractivity contribution in [1.29, 1.82) is 0 Å². The zero-order valence-corrected chi connectivity index (χ0v) is 8.46. The molecular weight excluding hydrogens is 146 g/mol. The number of rotatable bonds is 2. The molecule has 0 saturated carbocycles. The summed E-state index contributed by atoms with van der Waals surface area (Å²) in [7, 11) is 0. The van der Waals surface area contributed by atoms with Crippen LogP contribution in [0.25, 0.3) is 0 Å². The van der Waals surface area contributed by atoms with Crippen molar-refractivity contribution in [3.05, 3.63) is 23.9 Å². The van der Waals surface area contributed by atoms with Crippen LogP contribution in [0.4, 0.5) is 0 Å². The van der Waals surface area contributed by atoms with Gasteiger partial charge in [0.25, 0.3) is 0 Å². The van der Waals surface area contributed by atoms with Gasteiger partial charge in [-0.05, 0) is 29.7 Å². The molecule has 1 heterocycles. The molecule has 1 heteroatoms. The Balaban J connectivity index is 2.77. The lowest BCUT2D eigenvalue weighted by Crippen LogP contribution is -2.35. The Labute approximate surface area is 75.6 Å². The molecular formula is C11H19N. The van der Waals surface area contributed by atoms with Crippen LogP contribution in [0.3, 0.4) is 0 Å². The first-order chi connectivity index (χ1) is 5.63. The molecule has 0 aliphatic carbocycles. The van der Waals surface area contributed by atoms with Crippen LogP contribution in [0.1, 0.15) is 27.7 Å². The van der Waals surface area contributed by atoms with Gasteiger partial charge in [0, 0.05) is 6.04 Å². The zero-order valence-electron chi connectivity index (χ0n) is 8.46. The molecule has 0 saturated heterocycles. The highest BCUT2D eigenvalue weighted by atomic mass is 14.9. The van der Waals surface area contributed by atoms with Crippen molar-refractivity contribution in [2.24, 2.45) is 11.8 Å². The second-order valence-electron chi connectivity index (χ2n) is 4.07. The number of hydrogen-bond donors (Lipinski definition) is 1. The van der Waals surface area contributed by atoms with Gasteiger partial charge in [0.1, 0.15) is 0 Å². The molecule has 1 rings (SSSR count). The predicted molar refractivity (Wildman–Crippen MR) is 53.8 cm³/mol. The van der Waals surface area contributed by atoms with Gasteiger partial charge in [0.05, 0.1) is 0 Å². The van der Waals surface area contributed by atoms with E-state index in [2.05, 4.69) is 45.2 Å². The van der Waals surface area contributed by atoms with Crippen molar-refractivity contribution >= 4 is 0 Å². The average Bonchev–Trinajstić information content (AvgIpc) is 2.04. The topological polar surface area (TPSA) is 12.0 Å². The largest absolute Gasteiger partial charge is 0.384 e. The minimum Gasteiger partial charge on any atom is -0.384 e. The molecule has 1 aliphatic rings. The summed E-state index contributed by atoms with van der Waals surface area (Å²) in [6.07, 6.45) is 6.37. The van der Waals surface area contributed by atoms with E-state index in [4.69, 9.17) is 0 Å². The SMILES string of the molecule is CC(C)C1=CC=CNC1C(C)C. The first-order valence-electron chi connectivity index (χ1n) is 4.75. The summed E-state index contributed by atoms with van der Waals surface area (Å²) in [5.74, 6) is 1.32. The molecule has 0 amide bonds. The Hall–Kier alpha value is -0.720. The van der Waals surface area contributed by atoms with Gasteiger partial charge < -0.3 is 5.32 Å². The van der Waals surface area contributed by atoms with E-state index < -0.39 is 0 Å². The standard InChI is InChI=1S/C11H19N/c1-8(2)10-6-5-7-12-11(10)9(3)4/h5-9,11-12H,1-4H3. The van der Waals surface area contributed by atoms with Crippen LogP contribution in [0.15, 0.2) is 23.9 Å². The lowest BCUT2D eigenvalue weighted by atomic mass is 9.87. The van der Waals surface area contributed by atoms with E-state index in [9.17, 15) is 0 Å². The van der Waals surface area contributed by atoms with Gasteiger partial charge in [-0.15, -0.1) is 0 Å². The maximum absolute atomic E-state index is 3.40. The van der Waals surface area contributed by atoms with Crippen molar-refractivity contribution < 1.29 is 0 Å². The summed E-state index contributed by atoms with van der Waals surface area (Å²) in [5, 5.41) is 3.40. The smallest absolute Gasteiger partial charge is 0.0496 e. The summed E-state index contributed by atoms with van der Waals surface area (Å²) in [4.78, 5) is 0. The molecule has 0 aromatic heterocycles. The average molecular weight is 165 g/mol. The van der Waals surface area contributed by atoms with E-state index in [1.54, 1.807) is 0 Å². The first-order valence-corrected chi connectivity index (χ1v) is 4.75. The molecule has 1 nitrogen and oxygen atoms in total. The fraction of sp³-hybridized carbons (Fsp3) is 0.636. The number of nitrogens with one attached hydrogen (secondary N) is 1. The molecule has 0 fully saturated rings. The van der Waals surface area contributed by atoms with Gasteiger partial charge in [-0.1, -0.05) is 33.8 Å². The number of allylic oxidation sites excluding steroid dienone is 2. The van der Waals surface area contributed by atoms with Crippen molar-refractivity contribution in [3.63, 3.8) is 0 Å². The van der Waals surface area contributed by atoms with Crippen LogP contribution >= 0.6 is 0 Å². The van der Waals surface area contributed by atoms with Crippen molar-refractivity contribution in [3.8, 4) is 0 Å². The third kappa shape index (κ3) is 1.90.